The number of aryl methyl sites for hydroxylation is 1. The van der Waals surface area contributed by atoms with Gasteiger partial charge in [0.1, 0.15) is 5.76 Å². The predicted molar refractivity (Wildman–Crippen MR) is 67.9 cm³/mol. The molecule has 0 atom stereocenters. The zero-order valence-corrected chi connectivity index (χ0v) is 10.9. The van der Waals surface area contributed by atoms with Gasteiger partial charge in [0.05, 0.1) is 11.8 Å². The number of carbonyl (C=O) groups is 1. The number of nitrogens with two attached hydrogens (primary N) is 1. The lowest BCUT2D eigenvalue weighted by Crippen LogP contribution is -2.35. The summed E-state index contributed by atoms with van der Waals surface area (Å²) in [7, 11) is 0. The fourth-order valence-electron chi connectivity index (χ4n) is 1.71. The van der Waals surface area contributed by atoms with Crippen molar-refractivity contribution in [2.24, 2.45) is 11.1 Å². The summed E-state index contributed by atoms with van der Waals surface area (Å²) in [5.41, 5.74) is 6.20. The number of hydrogen-bond acceptors (Lipinski definition) is 3. The van der Waals surface area contributed by atoms with E-state index in [1.54, 1.807) is 12.3 Å². The van der Waals surface area contributed by atoms with Crippen LogP contribution in [0.3, 0.4) is 0 Å². The summed E-state index contributed by atoms with van der Waals surface area (Å²) in [6.07, 6.45) is 3.17. The van der Waals surface area contributed by atoms with Crippen LogP contribution in [0.1, 0.15) is 43.3 Å². The van der Waals surface area contributed by atoms with Crippen molar-refractivity contribution in [2.75, 3.05) is 13.1 Å². The van der Waals surface area contributed by atoms with Gasteiger partial charge in [-0.15, -0.1) is 0 Å². The Labute approximate surface area is 103 Å². The minimum Gasteiger partial charge on any atom is -0.469 e. The van der Waals surface area contributed by atoms with Crippen molar-refractivity contribution in [3.8, 4) is 0 Å². The lowest BCUT2D eigenvalue weighted by molar-refractivity contribution is 0.0933. The first-order chi connectivity index (χ1) is 8.00. The Morgan fingerprint density at radius 2 is 2.24 bits per heavy atom. The highest BCUT2D eigenvalue weighted by molar-refractivity contribution is 5.95. The molecule has 4 heteroatoms. The Kier molecular flexibility index (Phi) is 4.75. The van der Waals surface area contributed by atoms with Gasteiger partial charge in [0, 0.05) is 13.0 Å². The standard InChI is InChI=1S/C13H22N2O2/c1-4-11-10(5-8-17-11)12(16)15-9-13(2,3)6-7-14/h5,8H,4,6-7,9,14H2,1-3H3,(H,15,16). The van der Waals surface area contributed by atoms with E-state index in [4.69, 9.17) is 10.2 Å². The number of furan rings is 1. The summed E-state index contributed by atoms with van der Waals surface area (Å²) < 4.78 is 5.23. The van der Waals surface area contributed by atoms with E-state index < -0.39 is 0 Å². The average Bonchev–Trinajstić information content (AvgIpc) is 2.74. The van der Waals surface area contributed by atoms with Crippen molar-refractivity contribution in [3.63, 3.8) is 0 Å². The van der Waals surface area contributed by atoms with E-state index in [9.17, 15) is 4.79 Å². The van der Waals surface area contributed by atoms with E-state index in [0.29, 0.717) is 18.7 Å². The van der Waals surface area contributed by atoms with Crippen LogP contribution in [-0.4, -0.2) is 19.0 Å². The molecule has 0 fully saturated rings. The molecule has 0 aliphatic heterocycles. The monoisotopic (exact) mass is 238 g/mol. The Morgan fingerprint density at radius 1 is 1.53 bits per heavy atom. The van der Waals surface area contributed by atoms with Crippen LogP contribution >= 0.6 is 0 Å². The van der Waals surface area contributed by atoms with Gasteiger partial charge >= 0.3 is 0 Å². The molecule has 0 unspecified atom stereocenters. The molecular weight excluding hydrogens is 216 g/mol. The molecule has 0 radical (unpaired) electrons. The van der Waals surface area contributed by atoms with Gasteiger partial charge in [-0.05, 0) is 24.4 Å². The van der Waals surface area contributed by atoms with Gasteiger partial charge in [0.2, 0.25) is 0 Å². The topological polar surface area (TPSA) is 68.3 Å². The van der Waals surface area contributed by atoms with Crippen LogP contribution in [0, 0.1) is 5.41 Å². The predicted octanol–water partition coefficient (Wildman–Crippen LogP) is 1.95. The minimum absolute atomic E-state index is 0.0283. The summed E-state index contributed by atoms with van der Waals surface area (Å²) in [6, 6.07) is 1.71. The quantitative estimate of drug-likeness (QED) is 0.796. The molecule has 0 aromatic carbocycles. The number of carbonyl (C=O) groups excluding carboxylic acids is 1. The largest absolute Gasteiger partial charge is 0.469 e. The second-order valence-electron chi connectivity index (χ2n) is 5.00. The fourth-order valence-corrected chi connectivity index (χ4v) is 1.71. The van der Waals surface area contributed by atoms with Crippen molar-refractivity contribution in [1.29, 1.82) is 0 Å². The van der Waals surface area contributed by atoms with Crippen LogP contribution < -0.4 is 11.1 Å². The molecule has 3 N–H and O–H groups in total. The molecular formula is C13H22N2O2. The molecule has 0 spiro atoms. The Morgan fingerprint density at radius 3 is 2.82 bits per heavy atom. The van der Waals surface area contributed by atoms with Crippen LogP contribution in [0.25, 0.3) is 0 Å². The molecule has 0 saturated carbocycles. The van der Waals surface area contributed by atoms with Gasteiger partial charge < -0.3 is 15.5 Å². The van der Waals surface area contributed by atoms with E-state index in [2.05, 4.69) is 19.2 Å². The number of hydrogen-bond donors (Lipinski definition) is 2. The molecule has 1 heterocycles. The zero-order chi connectivity index (χ0) is 12.9. The fraction of sp³-hybridized carbons (Fsp3) is 0.615. The molecule has 96 valence electrons. The van der Waals surface area contributed by atoms with Crippen LogP contribution in [0.15, 0.2) is 16.7 Å². The number of amides is 1. The Balaban J connectivity index is 2.56. The first kappa shape index (κ1) is 13.8. The first-order valence-electron chi connectivity index (χ1n) is 6.05. The average molecular weight is 238 g/mol. The number of nitrogens with one attached hydrogen (secondary N) is 1. The molecule has 0 saturated heterocycles. The van der Waals surface area contributed by atoms with Gasteiger partial charge in [-0.2, -0.15) is 0 Å². The number of rotatable bonds is 6. The third kappa shape index (κ3) is 3.89. The first-order valence-corrected chi connectivity index (χ1v) is 6.05. The second kappa shape index (κ2) is 5.87. The van der Waals surface area contributed by atoms with E-state index >= 15 is 0 Å². The molecule has 0 aliphatic carbocycles. The third-order valence-electron chi connectivity index (χ3n) is 2.86. The van der Waals surface area contributed by atoms with E-state index in [1.807, 2.05) is 6.92 Å². The summed E-state index contributed by atoms with van der Waals surface area (Å²) in [5, 5.41) is 2.93. The van der Waals surface area contributed by atoms with E-state index in [1.165, 1.54) is 0 Å². The van der Waals surface area contributed by atoms with Crippen LogP contribution in [0.2, 0.25) is 0 Å². The van der Waals surface area contributed by atoms with Crippen LogP contribution in [-0.2, 0) is 6.42 Å². The van der Waals surface area contributed by atoms with Gasteiger partial charge in [-0.3, -0.25) is 4.79 Å². The van der Waals surface area contributed by atoms with Gasteiger partial charge in [0.25, 0.3) is 5.91 Å². The molecule has 17 heavy (non-hydrogen) atoms. The van der Waals surface area contributed by atoms with E-state index in [0.717, 1.165) is 18.6 Å². The molecule has 4 nitrogen and oxygen atoms in total. The Hall–Kier alpha value is -1.29. The van der Waals surface area contributed by atoms with Crippen molar-refractivity contribution < 1.29 is 9.21 Å². The van der Waals surface area contributed by atoms with Gasteiger partial charge in [-0.1, -0.05) is 20.8 Å². The Bertz CT molecular complexity index is 369. The maximum absolute atomic E-state index is 11.9. The normalized spacial score (nSPS) is 11.5. The smallest absolute Gasteiger partial charge is 0.254 e. The molecule has 1 rings (SSSR count). The molecule has 1 amide bonds. The molecule has 0 aliphatic rings. The highest BCUT2D eigenvalue weighted by Crippen LogP contribution is 2.18. The highest BCUT2D eigenvalue weighted by Gasteiger charge is 2.19. The zero-order valence-electron chi connectivity index (χ0n) is 10.9. The van der Waals surface area contributed by atoms with Crippen molar-refractivity contribution >= 4 is 5.91 Å². The maximum atomic E-state index is 11.9. The second-order valence-corrected chi connectivity index (χ2v) is 5.00. The molecule has 1 aromatic heterocycles. The van der Waals surface area contributed by atoms with Crippen LogP contribution in [0.5, 0.6) is 0 Å². The SMILES string of the molecule is CCc1occc1C(=O)NCC(C)(C)CCN. The van der Waals surface area contributed by atoms with Crippen molar-refractivity contribution in [3.05, 3.63) is 23.7 Å². The van der Waals surface area contributed by atoms with Gasteiger partial charge in [0.15, 0.2) is 0 Å². The lowest BCUT2D eigenvalue weighted by atomic mass is 9.89. The van der Waals surface area contributed by atoms with E-state index in [-0.39, 0.29) is 11.3 Å². The summed E-state index contributed by atoms with van der Waals surface area (Å²) in [5.74, 6) is 0.667. The third-order valence-corrected chi connectivity index (χ3v) is 2.86. The van der Waals surface area contributed by atoms with Gasteiger partial charge in [-0.25, -0.2) is 0 Å². The minimum atomic E-state index is -0.0688. The summed E-state index contributed by atoms with van der Waals surface area (Å²) in [6.45, 7) is 7.41. The lowest BCUT2D eigenvalue weighted by Gasteiger charge is -2.24. The van der Waals surface area contributed by atoms with Crippen LogP contribution in [0.4, 0.5) is 0 Å². The summed E-state index contributed by atoms with van der Waals surface area (Å²) >= 11 is 0. The molecule has 1 aromatic rings. The maximum Gasteiger partial charge on any atom is 0.254 e. The van der Waals surface area contributed by atoms with Crippen molar-refractivity contribution in [2.45, 2.75) is 33.6 Å². The molecule has 0 bridgehead atoms. The summed E-state index contributed by atoms with van der Waals surface area (Å²) in [4.78, 5) is 11.9. The highest BCUT2D eigenvalue weighted by atomic mass is 16.3. The van der Waals surface area contributed by atoms with Crippen molar-refractivity contribution in [1.82, 2.24) is 5.32 Å².